The average Bonchev–Trinajstić information content (AvgIpc) is 2.82. The predicted molar refractivity (Wildman–Crippen MR) is 71.3 cm³/mol. The third kappa shape index (κ3) is 3.17. The molecule has 1 fully saturated rings. The van der Waals surface area contributed by atoms with Crippen LogP contribution in [-0.2, 0) is 9.47 Å². The Morgan fingerprint density at radius 1 is 1.47 bits per heavy atom. The summed E-state index contributed by atoms with van der Waals surface area (Å²) in [5, 5.41) is 0. The fourth-order valence-electron chi connectivity index (χ4n) is 2.15. The van der Waals surface area contributed by atoms with Crippen LogP contribution in [0.15, 0.2) is 18.2 Å². The molecule has 2 N–H and O–H groups in total. The number of nitrogens with two attached hydrogens (primary N) is 1. The normalized spacial score (nSPS) is 22.2. The number of hydrogen-bond acceptors (Lipinski definition) is 5. The second-order valence-electron chi connectivity index (χ2n) is 4.67. The van der Waals surface area contributed by atoms with Crippen LogP contribution in [0.1, 0.15) is 30.1 Å². The first kappa shape index (κ1) is 13.7. The van der Waals surface area contributed by atoms with Crippen LogP contribution in [0.5, 0.6) is 5.75 Å². The molecule has 1 heterocycles. The lowest BCUT2D eigenvalue weighted by atomic mass is 10.1. The standard InChI is InChI=1S/C14H19NO4/c1-9-6-7-10(19-9)8-18-14(16)11-4-3-5-12(17-2)13(11)15/h3-5,9-10H,6-8,15H2,1-2H3. The lowest BCUT2D eigenvalue weighted by Crippen LogP contribution is -2.19. The van der Waals surface area contributed by atoms with Gasteiger partial charge in [0.15, 0.2) is 0 Å². The fourth-order valence-corrected chi connectivity index (χ4v) is 2.15. The summed E-state index contributed by atoms with van der Waals surface area (Å²) < 4.78 is 15.9. The van der Waals surface area contributed by atoms with Gasteiger partial charge in [-0.2, -0.15) is 0 Å². The van der Waals surface area contributed by atoms with E-state index >= 15 is 0 Å². The minimum absolute atomic E-state index is 0.00853. The van der Waals surface area contributed by atoms with Gasteiger partial charge >= 0.3 is 5.97 Å². The molecule has 0 saturated carbocycles. The molecule has 104 valence electrons. The van der Waals surface area contributed by atoms with Crippen molar-refractivity contribution in [3.63, 3.8) is 0 Å². The van der Waals surface area contributed by atoms with Gasteiger partial charge in [0.25, 0.3) is 0 Å². The molecule has 0 aliphatic carbocycles. The molecule has 1 aliphatic rings. The molecule has 1 aliphatic heterocycles. The zero-order chi connectivity index (χ0) is 13.8. The number of nitrogen functional groups attached to an aromatic ring is 1. The predicted octanol–water partition coefficient (Wildman–Crippen LogP) is 2.00. The van der Waals surface area contributed by atoms with Gasteiger partial charge in [0.05, 0.1) is 30.6 Å². The van der Waals surface area contributed by atoms with Gasteiger partial charge < -0.3 is 19.9 Å². The monoisotopic (exact) mass is 265 g/mol. The van der Waals surface area contributed by atoms with E-state index in [9.17, 15) is 4.79 Å². The van der Waals surface area contributed by atoms with Crippen LogP contribution in [0, 0.1) is 0 Å². The molecule has 2 rings (SSSR count). The lowest BCUT2D eigenvalue weighted by Gasteiger charge is -2.13. The van der Waals surface area contributed by atoms with Crippen LogP contribution in [0.3, 0.4) is 0 Å². The van der Waals surface area contributed by atoms with Crippen molar-refractivity contribution >= 4 is 11.7 Å². The van der Waals surface area contributed by atoms with Crippen LogP contribution in [0.25, 0.3) is 0 Å². The first-order valence-corrected chi connectivity index (χ1v) is 6.37. The summed E-state index contributed by atoms with van der Waals surface area (Å²) in [6.07, 6.45) is 2.15. The third-order valence-electron chi connectivity index (χ3n) is 3.23. The van der Waals surface area contributed by atoms with E-state index in [1.165, 1.54) is 7.11 Å². The minimum Gasteiger partial charge on any atom is -0.495 e. The largest absolute Gasteiger partial charge is 0.495 e. The molecule has 1 aromatic rings. The Morgan fingerprint density at radius 3 is 2.89 bits per heavy atom. The summed E-state index contributed by atoms with van der Waals surface area (Å²) in [6, 6.07) is 5.03. The van der Waals surface area contributed by atoms with Crippen molar-refractivity contribution in [3.8, 4) is 5.75 Å². The van der Waals surface area contributed by atoms with Crippen LogP contribution < -0.4 is 10.5 Å². The minimum atomic E-state index is -0.445. The number of carbonyl (C=O) groups excluding carboxylic acids is 1. The number of anilines is 1. The molecule has 19 heavy (non-hydrogen) atoms. The van der Waals surface area contributed by atoms with E-state index in [1.807, 2.05) is 6.92 Å². The molecule has 0 spiro atoms. The second kappa shape index (κ2) is 5.93. The molecule has 0 aromatic heterocycles. The van der Waals surface area contributed by atoms with Crippen molar-refractivity contribution in [2.45, 2.75) is 32.0 Å². The number of ether oxygens (including phenoxy) is 3. The molecule has 0 radical (unpaired) electrons. The summed E-state index contributed by atoms with van der Waals surface area (Å²) in [6.45, 7) is 2.28. The lowest BCUT2D eigenvalue weighted by molar-refractivity contribution is -0.00261. The van der Waals surface area contributed by atoms with Gasteiger partial charge in [0, 0.05) is 0 Å². The molecule has 0 bridgehead atoms. The molecular formula is C14H19NO4. The zero-order valence-corrected chi connectivity index (χ0v) is 11.2. The van der Waals surface area contributed by atoms with Crippen LogP contribution >= 0.6 is 0 Å². The Bertz CT molecular complexity index is 461. The number of para-hydroxylation sites is 1. The number of methoxy groups -OCH3 is 1. The van der Waals surface area contributed by atoms with Gasteiger partial charge in [-0.05, 0) is 31.9 Å². The summed E-state index contributed by atoms with van der Waals surface area (Å²) in [5.41, 5.74) is 6.47. The van der Waals surface area contributed by atoms with E-state index < -0.39 is 5.97 Å². The first-order chi connectivity index (χ1) is 9.11. The highest BCUT2D eigenvalue weighted by Crippen LogP contribution is 2.26. The zero-order valence-electron chi connectivity index (χ0n) is 11.2. The maximum absolute atomic E-state index is 12.0. The summed E-state index contributed by atoms with van der Waals surface area (Å²) >= 11 is 0. The topological polar surface area (TPSA) is 70.8 Å². The van der Waals surface area contributed by atoms with E-state index in [0.717, 1.165) is 12.8 Å². The van der Waals surface area contributed by atoms with E-state index in [0.29, 0.717) is 17.0 Å². The van der Waals surface area contributed by atoms with Crippen LogP contribution in [0.2, 0.25) is 0 Å². The highest BCUT2D eigenvalue weighted by molar-refractivity contribution is 5.96. The quantitative estimate of drug-likeness (QED) is 0.666. The average molecular weight is 265 g/mol. The molecule has 2 atom stereocenters. The van der Waals surface area contributed by atoms with Crippen molar-refractivity contribution in [3.05, 3.63) is 23.8 Å². The van der Waals surface area contributed by atoms with E-state index in [4.69, 9.17) is 19.9 Å². The Kier molecular flexibility index (Phi) is 4.27. The van der Waals surface area contributed by atoms with Gasteiger partial charge in [0.1, 0.15) is 12.4 Å². The molecule has 1 aromatic carbocycles. The Labute approximate surface area is 112 Å². The number of carbonyl (C=O) groups is 1. The Hall–Kier alpha value is -1.75. The van der Waals surface area contributed by atoms with E-state index in [2.05, 4.69) is 0 Å². The number of benzene rings is 1. The van der Waals surface area contributed by atoms with Gasteiger partial charge in [-0.3, -0.25) is 0 Å². The summed E-state index contributed by atoms with van der Waals surface area (Å²) in [5.74, 6) is 0.0275. The molecule has 0 amide bonds. The van der Waals surface area contributed by atoms with Crippen molar-refractivity contribution in [2.75, 3.05) is 19.5 Å². The third-order valence-corrected chi connectivity index (χ3v) is 3.23. The van der Waals surface area contributed by atoms with Crippen molar-refractivity contribution in [1.82, 2.24) is 0 Å². The van der Waals surface area contributed by atoms with Gasteiger partial charge in [-0.15, -0.1) is 0 Å². The molecule has 5 nitrogen and oxygen atoms in total. The Balaban J connectivity index is 1.96. The van der Waals surface area contributed by atoms with E-state index in [-0.39, 0.29) is 18.8 Å². The fraction of sp³-hybridized carbons (Fsp3) is 0.500. The molecular weight excluding hydrogens is 246 g/mol. The van der Waals surface area contributed by atoms with Crippen molar-refractivity contribution in [1.29, 1.82) is 0 Å². The molecule has 2 unspecified atom stereocenters. The maximum atomic E-state index is 12.0. The number of hydrogen-bond donors (Lipinski definition) is 1. The number of rotatable bonds is 4. The van der Waals surface area contributed by atoms with Crippen molar-refractivity contribution in [2.24, 2.45) is 0 Å². The highest BCUT2D eigenvalue weighted by Gasteiger charge is 2.24. The van der Waals surface area contributed by atoms with Crippen LogP contribution in [-0.4, -0.2) is 31.9 Å². The smallest absolute Gasteiger partial charge is 0.340 e. The molecule has 5 heteroatoms. The second-order valence-corrected chi connectivity index (χ2v) is 4.67. The Morgan fingerprint density at radius 2 is 2.26 bits per heavy atom. The van der Waals surface area contributed by atoms with E-state index in [1.54, 1.807) is 18.2 Å². The van der Waals surface area contributed by atoms with Gasteiger partial charge in [-0.1, -0.05) is 6.07 Å². The maximum Gasteiger partial charge on any atom is 0.340 e. The van der Waals surface area contributed by atoms with Crippen LogP contribution in [0.4, 0.5) is 5.69 Å². The SMILES string of the molecule is COc1cccc(C(=O)OCC2CCC(C)O2)c1N. The van der Waals surface area contributed by atoms with Gasteiger partial charge in [0.2, 0.25) is 0 Å². The summed E-state index contributed by atoms with van der Waals surface area (Å²) in [7, 11) is 1.51. The summed E-state index contributed by atoms with van der Waals surface area (Å²) in [4.78, 5) is 12.0. The molecule has 1 saturated heterocycles. The van der Waals surface area contributed by atoms with Crippen molar-refractivity contribution < 1.29 is 19.0 Å². The first-order valence-electron chi connectivity index (χ1n) is 6.37. The highest BCUT2D eigenvalue weighted by atomic mass is 16.6. The van der Waals surface area contributed by atoms with Gasteiger partial charge in [-0.25, -0.2) is 4.79 Å². The number of esters is 1.